The quantitative estimate of drug-likeness (QED) is 0.216. The molecule has 4 rings (SSSR count). The topological polar surface area (TPSA) is 195 Å². The van der Waals surface area contributed by atoms with Gasteiger partial charge in [-0.25, -0.2) is 9.59 Å². The highest BCUT2D eigenvalue weighted by Gasteiger charge is 2.39. The van der Waals surface area contributed by atoms with E-state index in [1.54, 1.807) is 6.07 Å². The summed E-state index contributed by atoms with van der Waals surface area (Å²) in [7, 11) is -4.23. The first-order valence-corrected chi connectivity index (χ1v) is 12.4. The van der Waals surface area contributed by atoms with Gasteiger partial charge in [-0.15, -0.1) is 0 Å². The third-order valence-electron chi connectivity index (χ3n) is 5.93. The molecule has 6 N–H and O–H groups in total. The molecular weight excluding hydrogens is 508 g/mol. The molecule has 1 fully saturated rings. The molecule has 2 aliphatic heterocycles. The minimum Gasteiger partial charge on any atom is -0.534 e. The normalized spacial score (nSPS) is 17.6. The monoisotopic (exact) mass is 531 g/mol. The predicted octanol–water partition coefficient (Wildman–Crippen LogP) is 0.488. The fraction of sp³-hybridized carbons (Fsp3) is 0.273. The van der Waals surface area contributed by atoms with E-state index in [0.29, 0.717) is 12.0 Å². The van der Waals surface area contributed by atoms with Gasteiger partial charge in [0.2, 0.25) is 11.8 Å². The number of rotatable bonds is 7. The zero-order valence-corrected chi connectivity index (χ0v) is 20.1. The summed E-state index contributed by atoms with van der Waals surface area (Å²) in [5.74, 6) is -3.19. The Balaban J connectivity index is 1.55. The van der Waals surface area contributed by atoms with Crippen LogP contribution in [0.3, 0.4) is 0 Å². The Kier molecular flexibility index (Phi) is 7.93. The van der Waals surface area contributed by atoms with Crippen molar-refractivity contribution in [2.75, 3.05) is 6.54 Å². The molecule has 0 saturated carbocycles. The zero-order chi connectivity index (χ0) is 26.7. The lowest BCUT2D eigenvalue weighted by Gasteiger charge is -2.30. The fourth-order valence-electron chi connectivity index (χ4n) is 4.16. The average molecular weight is 531 g/mol. The van der Waals surface area contributed by atoms with Gasteiger partial charge in [0.15, 0.2) is 0 Å². The number of fused-ring (bicyclic) bond motifs is 1. The summed E-state index contributed by atoms with van der Waals surface area (Å²) in [6, 6.07) is 7.97. The van der Waals surface area contributed by atoms with Crippen molar-refractivity contribution >= 4 is 39.5 Å². The number of amides is 4. The van der Waals surface area contributed by atoms with Crippen LogP contribution in [0, 0.1) is 0 Å². The smallest absolute Gasteiger partial charge is 0.534 e. The molecule has 37 heavy (non-hydrogen) atoms. The van der Waals surface area contributed by atoms with Gasteiger partial charge in [0.05, 0.1) is 11.5 Å². The third kappa shape index (κ3) is 6.00. The molecule has 4 amide bonds. The molecule has 1 unspecified atom stereocenters. The van der Waals surface area contributed by atoms with Crippen molar-refractivity contribution in [1.82, 2.24) is 15.5 Å². The van der Waals surface area contributed by atoms with E-state index >= 15 is 0 Å². The second-order valence-corrected chi connectivity index (χ2v) is 9.06. The number of likely N-dealkylation sites (tertiary alicyclic amines) is 1. The second-order valence-electron chi connectivity index (χ2n) is 8.37. The number of carboxylic acids is 1. The highest BCUT2D eigenvalue weighted by Crippen LogP contribution is 2.31. The van der Waals surface area contributed by atoms with Gasteiger partial charge in [-0.2, -0.15) is 0 Å². The lowest BCUT2D eigenvalue weighted by molar-refractivity contribution is -0.126. The van der Waals surface area contributed by atoms with Crippen LogP contribution in [0.4, 0.5) is 4.79 Å². The van der Waals surface area contributed by atoms with Gasteiger partial charge >= 0.3 is 27.7 Å². The van der Waals surface area contributed by atoms with E-state index in [4.69, 9.17) is 19.0 Å². The van der Waals surface area contributed by atoms with Gasteiger partial charge in [0, 0.05) is 13.0 Å². The third-order valence-corrected chi connectivity index (χ3v) is 6.30. The Labute approximate surface area is 212 Å². The molecule has 1 saturated heterocycles. The van der Waals surface area contributed by atoms with Gasteiger partial charge in [-0.05, 0) is 42.2 Å². The molecule has 2 atom stereocenters. The maximum atomic E-state index is 13.3. The number of imide groups is 1. The fourth-order valence-corrected chi connectivity index (χ4v) is 4.47. The number of nitrogens with zero attached hydrogens (tertiary/aromatic N) is 1. The van der Waals surface area contributed by atoms with Gasteiger partial charge < -0.3 is 39.7 Å². The first-order valence-electron chi connectivity index (χ1n) is 11.2. The van der Waals surface area contributed by atoms with Crippen LogP contribution in [0.15, 0.2) is 42.5 Å². The van der Waals surface area contributed by atoms with Crippen LogP contribution in [-0.4, -0.2) is 68.2 Å². The highest BCUT2D eigenvalue weighted by molar-refractivity contribution is 7.39. The first-order chi connectivity index (χ1) is 17.6. The maximum Gasteiger partial charge on any atom is 0.547 e. The largest absolute Gasteiger partial charge is 0.547 e. The average Bonchev–Trinajstić information content (AvgIpc) is 3.28. The molecule has 2 aliphatic rings. The van der Waals surface area contributed by atoms with E-state index in [2.05, 4.69) is 10.6 Å². The molecule has 2 heterocycles. The van der Waals surface area contributed by atoms with Crippen LogP contribution in [0.25, 0.3) is 0 Å². The number of para-hydroxylation sites is 1. The molecule has 0 bridgehead atoms. The Hall–Kier alpha value is -3.71. The number of carbonyl (C=O) groups excluding carboxylic acids is 3. The summed E-state index contributed by atoms with van der Waals surface area (Å²) in [4.78, 5) is 68.7. The van der Waals surface area contributed by atoms with Gasteiger partial charge in [-0.1, -0.05) is 24.3 Å². The van der Waals surface area contributed by atoms with Crippen LogP contribution in [0.1, 0.15) is 40.4 Å². The number of urea groups is 1. The van der Waals surface area contributed by atoms with Crippen LogP contribution in [0.2, 0.25) is 0 Å². The SMILES string of the molecule is O=C(O)c1cccc2c1OB(O)[C@@H](NC(=O)C(NC(=O)N1CCCC1=O)c1ccc(OP(O)O)cc1)C2. The van der Waals surface area contributed by atoms with Gasteiger partial charge in [-0.3, -0.25) is 14.5 Å². The van der Waals surface area contributed by atoms with Crippen molar-refractivity contribution in [3.63, 3.8) is 0 Å². The summed E-state index contributed by atoms with van der Waals surface area (Å²) in [5, 5.41) is 25.0. The Morgan fingerprint density at radius 3 is 2.51 bits per heavy atom. The highest BCUT2D eigenvalue weighted by atomic mass is 31.2. The van der Waals surface area contributed by atoms with Crippen LogP contribution in [0.5, 0.6) is 11.5 Å². The molecule has 0 aliphatic carbocycles. The number of benzene rings is 2. The minimum absolute atomic E-state index is 0.00807. The lowest BCUT2D eigenvalue weighted by Crippen LogP contribution is -2.56. The Morgan fingerprint density at radius 2 is 1.89 bits per heavy atom. The van der Waals surface area contributed by atoms with Crippen molar-refractivity contribution in [3.8, 4) is 11.5 Å². The van der Waals surface area contributed by atoms with E-state index in [1.807, 2.05) is 0 Å². The molecule has 0 spiro atoms. The summed E-state index contributed by atoms with van der Waals surface area (Å²) < 4.78 is 10.2. The van der Waals surface area contributed by atoms with Crippen molar-refractivity contribution in [2.24, 2.45) is 0 Å². The molecule has 13 nitrogen and oxygen atoms in total. The van der Waals surface area contributed by atoms with E-state index in [1.165, 1.54) is 36.4 Å². The molecule has 2 aromatic carbocycles. The number of aromatic carboxylic acids is 1. The van der Waals surface area contributed by atoms with Crippen molar-refractivity contribution in [1.29, 1.82) is 0 Å². The van der Waals surface area contributed by atoms with E-state index in [-0.39, 0.29) is 47.9 Å². The van der Waals surface area contributed by atoms with Gasteiger partial charge in [0.1, 0.15) is 17.5 Å². The number of hydrogen-bond acceptors (Lipinski definition) is 9. The van der Waals surface area contributed by atoms with Crippen molar-refractivity contribution in [2.45, 2.75) is 31.2 Å². The summed E-state index contributed by atoms with van der Waals surface area (Å²) >= 11 is 0. The van der Waals surface area contributed by atoms with E-state index in [9.17, 15) is 29.3 Å². The van der Waals surface area contributed by atoms with Gasteiger partial charge in [0.25, 0.3) is 0 Å². The Bertz CT molecular complexity index is 1210. The lowest BCUT2D eigenvalue weighted by atomic mass is 9.72. The summed E-state index contributed by atoms with van der Waals surface area (Å²) in [6.07, 6.45) is 0.771. The summed E-state index contributed by atoms with van der Waals surface area (Å²) in [5.41, 5.74) is 0.619. The van der Waals surface area contributed by atoms with Crippen molar-refractivity contribution in [3.05, 3.63) is 59.2 Å². The molecular formula is C22H23BN3O10P. The van der Waals surface area contributed by atoms with E-state index in [0.717, 1.165) is 4.90 Å². The Morgan fingerprint density at radius 1 is 1.16 bits per heavy atom. The molecule has 15 heteroatoms. The predicted molar refractivity (Wildman–Crippen MR) is 128 cm³/mol. The number of carboxylic acid groups (broad SMARTS) is 1. The second kappa shape index (κ2) is 11.1. The first kappa shape index (κ1) is 26.4. The standard InChI is InChI=1S/C22H23BN3O10P/c27-17-5-2-10-26(17)22(31)25-18(12-6-8-14(9-7-12)36-37(33)34)20(28)24-16-11-13-3-1-4-15(21(29)30)19(13)35-23(16)32/h1,3-4,6-9,16,18,32-34H,2,5,10-11H2,(H,24,28)(H,25,31)(H,29,30)/t16-,18?/m0/s1. The number of nitrogens with one attached hydrogen (secondary N) is 2. The van der Waals surface area contributed by atoms with Crippen molar-refractivity contribution < 1.29 is 48.3 Å². The summed E-state index contributed by atoms with van der Waals surface area (Å²) in [6.45, 7) is 0.209. The number of hydrogen-bond donors (Lipinski definition) is 6. The molecule has 194 valence electrons. The minimum atomic E-state index is -2.66. The molecule has 0 aromatic heterocycles. The molecule has 2 aromatic rings. The molecule has 0 radical (unpaired) electrons. The van der Waals surface area contributed by atoms with Crippen LogP contribution in [-0.2, 0) is 16.0 Å². The maximum absolute atomic E-state index is 13.3. The number of carbonyl (C=O) groups is 4. The van der Waals surface area contributed by atoms with Crippen LogP contribution >= 0.6 is 8.60 Å². The zero-order valence-electron chi connectivity index (χ0n) is 19.2. The van der Waals surface area contributed by atoms with Crippen LogP contribution < -0.4 is 19.8 Å². The van der Waals surface area contributed by atoms with E-state index < -0.39 is 45.6 Å².